The molecule has 2 aromatic heterocycles. The van der Waals surface area contributed by atoms with Crippen LogP contribution in [0.1, 0.15) is 5.89 Å². The van der Waals surface area contributed by atoms with E-state index in [0.29, 0.717) is 39.4 Å². The van der Waals surface area contributed by atoms with E-state index in [1.54, 1.807) is 31.2 Å². The highest BCUT2D eigenvalue weighted by Gasteiger charge is 2.31. The van der Waals surface area contributed by atoms with E-state index < -0.39 is 6.36 Å². The smallest absolute Gasteiger partial charge is 0.464 e. The Morgan fingerprint density at radius 1 is 1.00 bits per heavy atom. The maximum atomic E-state index is 12.4. The van der Waals surface area contributed by atoms with Gasteiger partial charge in [-0.3, -0.25) is 0 Å². The molecule has 0 fully saturated rings. The Balaban J connectivity index is 1.78. The highest BCUT2D eigenvalue weighted by Crippen LogP contribution is 2.35. The van der Waals surface area contributed by atoms with E-state index in [2.05, 4.69) is 14.9 Å². The average molecular weight is 360 g/mol. The van der Waals surface area contributed by atoms with Gasteiger partial charge in [0.05, 0.1) is 6.26 Å². The van der Waals surface area contributed by atoms with Gasteiger partial charge in [0.25, 0.3) is 0 Å². The van der Waals surface area contributed by atoms with Crippen molar-refractivity contribution in [3.05, 3.63) is 54.6 Å². The van der Waals surface area contributed by atoms with Crippen molar-refractivity contribution in [3.8, 4) is 28.3 Å². The summed E-state index contributed by atoms with van der Waals surface area (Å²) >= 11 is 0. The number of rotatable bonds is 3. The molecular formula is C18H11F3N2O3. The van der Waals surface area contributed by atoms with Crippen LogP contribution in [0, 0.1) is 6.92 Å². The third-order valence-electron chi connectivity index (χ3n) is 3.73. The van der Waals surface area contributed by atoms with Crippen molar-refractivity contribution < 1.29 is 26.7 Å². The molecule has 5 nitrogen and oxygen atoms in total. The SMILES string of the molecule is Cc1nnc(-c2ccc3occ(-c4cccc(OC(F)(F)F)c4)c3c2)o1. The fraction of sp³-hybridized carbons (Fsp3) is 0.111. The number of hydrogen-bond donors (Lipinski definition) is 0. The molecule has 0 saturated carbocycles. The summed E-state index contributed by atoms with van der Waals surface area (Å²) in [6.07, 6.45) is -3.26. The zero-order chi connectivity index (χ0) is 18.3. The minimum Gasteiger partial charge on any atom is -0.464 e. The van der Waals surface area contributed by atoms with Gasteiger partial charge in [0.2, 0.25) is 11.8 Å². The molecule has 0 N–H and O–H groups in total. The van der Waals surface area contributed by atoms with Gasteiger partial charge >= 0.3 is 6.36 Å². The topological polar surface area (TPSA) is 61.3 Å². The van der Waals surface area contributed by atoms with Crippen LogP contribution in [0.25, 0.3) is 33.6 Å². The van der Waals surface area contributed by atoms with Gasteiger partial charge in [-0.1, -0.05) is 12.1 Å². The number of fused-ring (bicyclic) bond motifs is 1. The van der Waals surface area contributed by atoms with Crippen LogP contribution in [0.3, 0.4) is 0 Å². The standard InChI is InChI=1S/C18H11F3N2O3/c1-10-22-23-17(25-10)12-5-6-16-14(8-12)15(9-24-16)11-3-2-4-13(7-11)26-18(19,20)21/h2-9H,1H3. The van der Waals surface area contributed by atoms with Crippen molar-refractivity contribution >= 4 is 11.0 Å². The molecule has 0 amide bonds. The number of ether oxygens (including phenoxy) is 1. The third-order valence-corrected chi connectivity index (χ3v) is 3.73. The molecule has 0 spiro atoms. The quantitative estimate of drug-likeness (QED) is 0.492. The molecule has 26 heavy (non-hydrogen) atoms. The van der Waals surface area contributed by atoms with Gasteiger partial charge in [-0.05, 0) is 35.9 Å². The number of hydrogen-bond acceptors (Lipinski definition) is 5. The monoisotopic (exact) mass is 360 g/mol. The molecule has 0 unspecified atom stereocenters. The zero-order valence-corrected chi connectivity index (χ0v) is 13.4. The number of halogens is 3. The first-order chi connectivity index (χ1) is 12.4. The molecule has 0 bridgehead atoms. The van der Waals surface area contributed by atoms with E-state index in [9.17, 15) is 13.2 Å². The number of nitrogens with zero attached hydrogens (tertiary/aromatic N) is 2. The maximum Gasteiger partial charge on any atom is 0.573 e. The minimum absolute atomic E-state index is 0.298. The van der Waals surface area contributed by atoms with Gasteiger partial charge in [0, 0.05) is 23.4 Å². The summed E-state index contributed by atoms with van der Waals surface area (Å²) in [6.45, 7) is 1.68. The van der Waals surface area contributed by atoms with Crippen LogP contribution >= 0.6 is 0 Å². The fourth-order valence-electron chi connectivity index (χ4n) is 2.66. The van der Waals surface area contributed by atoms with Crippen LogP contribution < -0.4 is 4.74 Å². The summed E-state index contributed by atoms with van der Waals surface area (Å²) < 4.78 is 52.3. The molecule has 0 aliphatic carbocycles. The lowest BCUT2D eigenvalue weighted by Crippen LogP contribution is -2.17. The number of aryl methyl sites for hydroxylation is 1. The van der Waals surface area contributed by atoms with Crippen LogP contribution in [0.5, 0.6) is 5.75 Å². The van der Waals surface area contributed by atoms with Crippen LogP contribution in [-0.4, -0.2) is 16.6 Å². The van der Waals surface area contributed by atoms with Crippen LogP contribution in [0.15, 0.2) is 57.6 Å². The van der Waals surface area contributed by atoms with Crippen molar-refractivity contribution in [2.75, 3.05) is 0 Å². The second-order valence-corrected chi connectivity index (χ2v) is 5.56. The Bertz CT molecular complexity index is 1080. The molecule has 132 valence electrons. The molecule has 0 aliphatic heterocycles. The molecular weight excluding hydrogens is 349 g/mol. The maximum absolute atomic E-state index is 12.4. The second-order valence-electron chi connectivity index (χ2n) is 5.56. The zero-order valence-electron chi connectivity index (χ0n) is 13.4. The van der Waals surface area contributed by atoms with Crippen LogP contribution in [0.2, 0.25) is 0 Å². The van der Waals surface area contributed by atoms with Crippen molar-refractivity contribution in [2.24, 2.45) is 0 Å². The number of alkyl halides is 3. The summed E-state index contributed by atoms with van der Waals surface area (Å²) in [4.78, 5) is 0. The first-order valence-electron chi connectivity index (χ1n) is 7.57. The number of aromatic nitrogens is 2. The number of benzene rings is 2. The molecule has 4 aromatic rings. The first-order valence-corrected chi connectivity index (χ1v) is 7.57. The van der Waals surface area contributed by atoms with Crippen molar-refractivity contribution in [1.82, 2.24) is 10.2 Å². The molecule has 4 rings (SSSR count). The fourth-order valence-corrected chi connectivity index (χ4v) is 2.66. The van der Waals surface area contributed by atoms with E-state index >= 15 is 0 Å². The lowest BCUT2D eigenvalue weighted by atomic mass is 10.0. The predicted molar refractivity (Wildman–Crippen MR) is 86.4 cm³/mol. The highest BCUT2D eigenvalue weighted by atomic mass is 19.4. The van der Waals surface area contributed by atoms with Gasteiger partial charge in [0.15, 0.2) is 0 Å². The Labute approximate surface area is 145 Å². The van der Waals surface area contributed by atoms with E-state index in [1.165, 1.54) is 24.5 Å². The summed E-state index contributed by atoms with van der Waals surface area (Å²) in [6, 6.07) is 11.0. The molecule has 2 heterocycles. The predicted octanol–water partition coefficient (Wildman–Crippen LogP) is 5.36. The van der Waals surface area contributed by atoms with Gasteiger partial charge < -0.3 is 13.6 Å². The molecule has 0 atom stereocenters. The summed E-state index contributed by atoms with van der Waals surface area (Å²) in [5.74, 6) is 0.489. The van der Waals surface area contributed by atoms with Crippen molar-refractivity contribution in [1.29, 1.82) is 0 Å². The third kappa shape index (κ3) is 3.13. The van der Waals surface area contributed by atoms with Crippen LogP contribution in [-0.2, 0) is 0 Å². The average Bonchev–Trinajstić information content (AvgIpc) is 3.19. The van der Waals surface area contributed by atoms with Crippen LogP contribution in [0.4, 0.5) is 13.2 Å². The van der Waals surface area contributed by atoms with E-state index in [-0.39, 0.29) is 5.75 Å². The number of furan rings is 1. The van der Waals surface area contributed by atoms with Gasteiger partial charge in [-0.25, -0.2) is 0 Å². The van der Waals surface area contributed by atoms with E-state index in [0.717, 1.165) is 0 Å². The van der Waals surface area contributed by atoms with E-state index in [4.69, 9.17) is 8.83 Å². The Morgan fingerprint density at radius 2 is 1.85 bits per heavy atom. The summed E-state index contributed by atoms with van der Waals surface area (Å²) in [7, 11) is 0. The molecule has 0 saturated heterocycles. The lowest BCUT2D eigenvalue weighted by Gasteiger charge is -2.09. The Morgan fingerprint density at radius 3 is 2.58 bits per heavy atom. The summed E-state index contributed by atoms with van der Waals surface area (Å²) in [5.41, 5.74) is 2.43. The Hall–Kier alpha value is -3.29. The van der Waals surface area contributed by atoms with Gasteiger partial charge in [0.1, 0.15) is 11.3 Å². The lowest BCUT2D eigenvalue weighted by molar-refractivity contribution is -0.274. The summed E-state index contributed by atoms with van der Waals surface area (Å²) in [5, 5.41) is 8.48. The largest absolute Gasteiger partial charge is 0.573 e. The van der Waals surface area contributed by atoms with Crippen molar-refractivity contribution in [2.45, 2.75) is 13.3 Å². The Kier molecular flexibility index (Phi) is 3.68. The molecule has 0 radical (unpaired) electrons. The first kappa shape index (κ1) is 16.2. The van der Waals surface area contributed by atoms with Gasteiger partial charge in [-0.15, -0.1) is 23.4 Å². The van der Waals surface area contributed by atoms with E-state index in [1.807, 2.05) is 0 Å². The second kappa shape index (κ2) is 5.91. The van der Waals surface area contributed by atoms with Gasteiger partial charge in [-0.2, -0.15) is 0 Å². The minimum atomic E-state index is -4.75. The highest BCUT2D eigenvalue weighted by molar-refractivity contribution is 5.96. The normalized spacial score (nSPS) is 11.8. The van der Waals surface area contributed by atoms with Crippen molar-refractivity contribution in [3.63, 3.8) is 0 Å². The molecule has 2 aromatic carbocycles. The molecule has 8 heteroatoms. The molecule has 0 aliphatic rings.